The molecule has 0 atom stereocenters. The van der Waals surface area contributed by atoms with E-state index in [2.05, 4.69) is 15.1 Å². The van der Waals surface area contributed by atoms with E-state index in [1.54, 1.807) is 18.2 Å². The number of para-hydroxylation sites is 1. The summed E-state index contributed by atoms with van der Waals surface area (Å²) in [7, 11) is 0. The van der Waals surface area contributed by atoms with Crippen molar-refractivity contribution in [2.75, 3.05) is 51.2 Å². The van der Waals surface area contributed by atoms with E-state index in [9.17, 15) is 4.79 Å². The summed E-state index contributed by atoms with van der Waals surface area (Å²) in [5.41, 5.74) is 0.463. The van der Waals surface area contributed by atoms with E-state index in [4.69, 9.17) is 28.3 Å². The van der Waals surface area contributed by atoms with E-state index >= 15 is 0 Å². The van der Waals surface area contributed by atoms with Gasteiger partial charge in [-0.25, -0.2) is 0 Å². The van der Waals surface area contributed by atoms with Gasteiger partial charge in [0.15, 0.2) is 0 Å². The van der Waals surface area contributed by atoms with Crippen molar-refractivity contribution in [1.29, 1.82) is 0 Å². The molecule has 0 saturated carbocycles. The number of benzene rings is 1. The third kappa shape index (κ3) is 4.83. The third-order valence-corrected chi connectivity index (χ3v) is 4.11. The summed E-state index contributed by atoms with van der Waals surface area (Å²) >= 11 is 12.1. The highest BCUT2D eigenvalue weighted by Gasteiger charge is 2.19. The van der Waals surface area contributed by atoms with Gasteiger partial charge in [-0.15, -0.1) is 0 Å². The average Bonchev–Trinajstić information content (AvgIpc) is 2.45. The second kappa shape index (κ2) is 7.96. The number of nitrogens with one attached hydrogen (secondary N) is 1. The topological polar surface area (TPSA) is 55.8 Å². The third-order valence-electron chi connectivity index (χ3n) is 3.48. The van der Waals surface area contributed by atoms with Crippen LogP contribution in [0.25, 0.3) is 0 Å². The molecule has 1 saturated heterocycles. The van der Waals surface area contributed by atoms with Gasteiger partial charge < -0.3 is 10.4 Å². The first kappa shape index (κ1) is 16.5. The lowest BCUT2D eigenvalue weighted by atomic mass is 10.3. The van der Waals surface area contributed by atoms with Crippen molar-refractivity contribution in [2.45, 2.75) is 0 Å². The Balaban J connectivity index is 1.83. The predicted octanol–water partition coefficient (Wildman–Crippen LogP) is 1.54. The number of anilines is 1. The van der Waals surface area contributed by atoms with Crippen LogP contribution in [0.1, 0.15) is 0 Å². The fourth-order valence-electron chi connectivity index (χ4n) is 2.31. The first-order valence-electron chi connectivity index (χ1n) is 6.89. The minimum absolute atomic E-state index is 0.124. The van der Waals surface area contributed by atoms with Crippen LogP contribution in [0.4, 0.5) is 5.69 Å². The number of β-amino-alcohol motifs (C(OH)–C–C–N with tert-alkyl or cyclic N) is 1. The molecule has 1 aliphatic rings. The molecule has 0 bridgehead atoms. The summed E-state index contributed by atoms with van der Waals surface area (Å²) in [6.07, 6.45) is 0. The van der Waals surface area contributed by atoms with Crippen LogP contribution in [-0.2, 0) is 4.79 Å². The number of aliphatic hydroxyl groups excluding tert-OH is 1. The molecule has 1 aromatic rings. The number of nitrogens with zero attached hydrogens (tertiary/aromatic N) is 2. The normalized spacial score (nSPS) is 16.9. The van der Waals surface area contributed by atoms with Gasteiger partial charge in [-0.3, -0.25) is 14.6 Å². The zero-order valence-corrected chi connectivity index (χ0v) is 13.2. The van der Waals surface area contributed by atoms with Gasteiger partial charge in [0, 0.05) is 32.7 Å². The highest BCUT2D eigenvalue weighted by molar-refractivity contribution is 6.39. The number of rotatable bonds is 5. The van der Waals surface area contributed by atoms with Gasteiger partial charge in [0.05, 0.1) is 28.9 Å². The summed E-state index contributed by atoms with van der Waals surface area (Å²) < 4.78 is 0. The van der Waals surface area contributed by atoms with Gasteiger partial charge in [0.25, 0.3) is 0 Å². The van der Waals surface area contributed by atoms with Gasteiger partial charge in [-0.05, 0) is 12.1 Å². The average molecular weight is 332 g/mol. The molecule has 7 heteroatoms. The van der Waals surface area contributed by atoms with Gasteiger partial charge in [-0.1, -0.05) is 29.3 Å². The van der Waals surface area contributed by atoms with E-state index in [0.29, 0.717) is 28.8 Å². The van der Waals surface area contributed by atoms with Gasteiger partial charge in [0.2, 0.25) is 5.91 Å². The van der Waals surface area contributed by atoms with Crippen LogP contribution in [0.3, 0.4) is 0 Å². The quantitative estimate of drug-likeness (QED) is 0.859. The fourth-order valence-corrected chi connectivity index (χ4v) is 2.80. The second-order valence-corrected chi connectivity index (χ2v) is 5.80. The standard InChI is InChI=1S/C14H19Cl2N3O2/c15-11-2-1-3-12(16)14(11)17-13(21)10-19-6-4-18(5-7-19)8-9-20/h1-3,20H,4-10H2,(H,17,21). The van der Waals surface area contributed by atoms with Crippen molar-refractivity contribution < 1.29 is 9.90 Å². The molecule has 0 aliphatic carbocycles. The van der Waals surface area contributed by atoms with Crippen molar-refractivity contribution >= 4 is 34.8 Å². The van der Waals surface area contributed by atoms with Crippen molar-refractivity contribution in [3.63, 3.8) is 0 Å². The molecule has 0 spiro atoms. The molecule has 1 aromatic carbocycles. The minimum Gasteiger partial charge on any atom is -0.395 e. The monoisotopic (exact) mass is 331 g/mol. The first-order valence-corrected chi connectivity index (χ1v) is 7.65. The molecule has 2 rings (SSSR count). The Hall–Kier alpha value is -0.850. The largest absolute Gasteiger partial charge is 0.395 e. The van der Waals surface area contributed by atoms with Crippen LogP contribution in [-0.4, -0.2) is 66.7 Å². The Morgan fingerprint density at radius 3 is 2.29 bits per heavy atom. The number of carbonyl (C=O) groups excluding carboxylic acids is 1. The maximum Gasteiger partial charge on any atom is 0.238 e. The molecule has 116 valence electrons. The molecule has 1 fully saturated rings. The van der Waals surface area contributed by atoms with Crippen LogP contribution in [0.2, 0.25) is 10.0 Å². The van der Waals surface area contributed by atoms with Crippen molar-refractivity contribution in [1.82, 2.24) is 9.80 Å². The summed E-state index contributed by atoms with van der Waals surface area (Å²) in [5.74, 6) is -0.124. The van der Waals surface area contributed by atoms with Gasteiger partial charge >= 0.3 is 0 Å². The SMILES string of the molecule is O=C(CN1CCN(CCO)CC1)Nc1c(Cl)cccc1Cl. The van der Waals surface area contributed by atoms with E-state index in [1.807, 2.05) is 0 Å². The Morgan fingerprint density at radius 2 is 1.71 bits per heavy atom. The van der Waals surface area contributed by atoms with E-state index < -0.39 is 0 Å². The number of carbonyl (C=O) groups is 1. The van der Waals surface area contributed by atoms with E-state index in [1.165, 1.54) is 0 Å². The lowest BCUT2D eigenvalue weighted by molar-refractivity contribution is -0.117. The smallest absolute Gasteiger partial charge is 0.238 e. The van der Waals surface area contributed by atoms with Crippen LogP contribution < -0.4 is 5.32 Å². The predicted molar refractivity (Wildman–Crippen MR) is 85.1 cm³/mol. The Kier molecular flexibility index (Phi) is 6.26. The Morgan fingerprint density at radius 1 is 1.14 bits per heavy atom. The van der Waals surface area contributed by atoms with Crippen molar-refractivity contribution in [2.24, 2.45) is 0 Å². The lowest BCUT2D eigenvalue weighted by Crippen LogP contribution is -2.49. The van der Waals surface area contributed by atoms with Gasteiger partial charge in [-0.2, -0.15) is 0 Å². The number of amides is 1. The number of hydrogen-bond acceptors (Lipinski definition) is 4. The molecule has 0 unspecified atom stereocenters. The summed E-state index contributed by atoms with van der Waals surface area (Å²) in [5, 5.41) is 12.5. The van der Waals surface area contributed by atoms with Crippen molar-refractivity contribution in [3.05, 3.63) is 28.2 Å². The molecule has 1 heterocycles. The maximum atomic E-state index is 12.1. The molecular formula is C14H19Cl2N3O2. The zero-order valence-electron chi connectivity index (χ0n) is 11.7. The highest BCUT2D eigenvalue weighted by atomic mass is 35.5. The lowest BCUT2D eigenvalue weighted by Gasteiger charge is -2.33. The van der Waals surface area contributed by atoms with E-state index in [0.717, 1.165) is 26.2 Å². The van der Waals surface area contributed by atoms with Crippen LogP contribution in [0.15, 0.2) is 18.2 Å². The van der Waals surface area contributed by atoms with Crippen LogP contribution in [0, 0.1) is 0 Å². The first-order chi connectivity index (χ1) is 10.1. The summed E-state index contributed by atoms with van der Waals surface area (Å²) in [6.45, 7) is 4.52. The maximum absolute atomic E-state index is 12.1. The number of halogens is 2. The Bertz CT molecular complexity index is 471. The summed E-state index contributed by atoms with van der Waals surface area (Å²) in [4.78, 5) is 16.3. The molecule has 0 aromatic heterocycles. The van der Waals surface area contributed by atoms with E-state index in [-0.39, 0.29) is 12.5 Å². The molecule has 1 amide bonds. The molecule has 0 radical (unpaired) electrons. The number of hydrogen-bond donors (Lipinski definition) is 2. The highest BCUT2D eigenvalue weighted by Crippen LogP contribution is 2.29. The molecule has 2 N–H and O–H groups in total. The fraction of sp³-hybridized carbons (Fsp3) is 0.500. The van der Waals surface area contributed by atoms with Crippen molar-refractivity contribution in [3.8, 4) is 0 Å². The minimum atomic E-state index is -0.124. The zero-order chi connectivity index (χ0) is 15.2. The van der Waals surface area contributed by atoms with Gasteiger partial charge in [0.1, 0.15) is 0 Å². The molecule has 21 heavy (non-hydrogen) atoms. The molecule has 1 aliphatic heterocycles. The van der Waals surface area contributed by atoms with Crippen LogP contribution in [0.5, 0.6) is 0 Å². The van der Waals surface area contributed by atoms with Crippen LogP contribution >= 0.6 is 23.2 Å². The number of aliphatic hydroxyl groups is 1. The molecular weight excluding hydrogens is 313 g/mol. The Labute approximate surface area is 134 Å². The second-order valence-electron chi connectivity index (χ2n) is 4.99. The molecule has 5 nitrogen and oxygen atoms in total. The number of piperazine rings is 1. The summed E-state index contributed by atoms with van der Waals surface area (Å²) in [6, 6.07) is 5.12.